The van der Waals surface area contributed by atoms with E-state index in [0.717, 1.165) is 11.3 Å². The van der Waals surface area contributed by atoms with E-state index in [4.69, 9.17) is 0 Å². The molecular weight excluding hydrogens is 200 g/mol. The third-order valence-electron chi connectivity index (χ3n) is 2.35. The van der Waals surface area contributed by atoms with Gasteiger partial charge in [-0.3, -0.25) is 4.40 Å². The first-order valence-corrected chi connectivity index (χ1v) is 5.03. The van der Waals surface area contributed by atoms with E-state index in [1.807, 2.05) is 59.5 Å². The van der Waals surface area contributed by atoms with Gasteiger partial charge in [0, 0.05) is 24.8 Å². The van der Waals surface area contributed by atoms with Crippen LogP contribution in [0.4, 0.5) is 0 Å². The highest BCUT2D eigenvalue weighted by molar-refractivity contribution is 5.79. The summed E-state index contributed by atoms with van der Waals surface area (Å²) in [6.07, 6.45) is 9.26. The van der Waals surface area contributed by atoms with Gasteiger partial charge in [0.05, 0.1) is 6.21 Å². The van der Waals surface area contributed by atoms with Crippen LogP contribution in [0, 0.1) is 0 Å². The Morgan fingerprint density at radius 3 is 2.81 bits per heavy atom. The lowest BCUT2D eigenvalue weighted by atomic mass is 10.2. The van der Waals surface area contributed by atoms with Crippen LogP contribution in [0.25, 0.3) is 5.78 Å². The fourth-order valence-electron chi connectivity index (χ4n) is 1.56. The highest BCUT2D eigenvalue weighted by Crippen LogP contribution is 2.02. The van der Waals surface area contributed by atoms with E-state index in [2.05, 4.69) is 10.1 Å². The van der Waals surface area contributed by atoms with Crippen LogP contribution in [0.1, 0.15) is 5.56 Å². The first-order valence-electron chi connectivity index (χ1n) is 5.03. The van der Waals surface area contributed by atoms with Crippen LogP contribution >= 0.6 is 0 Å². The Morgan fingerprint density at radius 1 is 1.06 bits per heavy atom. The van der Waals surface area contributed by atoms with Gasteiger partial charge in [0.25, 0.3) is 0 Å². The minimum absolute atomic E-state index is 0.812. The SMILES string of the molecule is C(=Nn1ccn2ccnc12)c1ccccc1. The van der Waals surface area contributed by atoms with Crippen molar-refractivity contribution < 1.29 is 0 Å². The molecule has 4 nitrogen and oxygen atoms in total. The molecule has 0 unspecified atom stereocenters. The van der Waals surface area contributed by atoms with Crippen molar-refractivity contribution in [1.29, 1.82) is 0 Å². The summed E-state index contributed by atoms with van der Waals surface area (Å²) in [5.74, 6) is 0.812. The van der Waals surface area contributed by atoms with Crippen LogP contribution in [-0.2, 0) is 0 Å². The summed E-state index contributed by atoms with van der Waals surface area (Å²) in [7, 11) is 0. The zero-order valence-electron chi connectivity index (χ0n) is 8.56. The van der Waals surface area contributed by atoms with Crippen molar-refractivity contribution >= 4 is 12.0 Å². The average molecular weight is 210 g/mol. The number of hydrogen-bond donors (Lipinski definition) is 0. The van der Waals surface area contributed by atoms with Crippen molar-refractivity contribution in [2.75, 3.05) is 0 Å². The maximum absolute atomic E-state index is 4.35. The number of imidazole rings is 2. The first-order chi connectivity index (χ1) is 7.93. The molecule has 78 valence electrons. The number of nitrogens with zero attached hydrogens (tertiary/aromatic N) is 4. The Balaban J connectivity index is 1.96. The fourth-order valence-corrected chi connectivity index (χ4v) is 1.56. The predicted molar refractivity (Wildman–Crippen MR) is 62.6 cm³/mol. The summed E-state index contributed by atoms with van der Waals surface area (Å²) in [5.41, 5.74) is 1.07. The molecule has 0 radical (unpaired) electrons. The molecule has 0 aliphatic rings. The number of rotatable bonds is 2. The maximum atomic E-state index is 4.35. The largest absolute Gasteiger partial charge is 0.290 e. The molecule has 0 spiro atoms. The minimum atomic E-state index is 0.812. The molecular formula is C12H10N4. The van der Waals surface area contributed by atoms with Gasteiger partial charge in [-0.1, -0.05) is 30.3 Å². The molecule has 16 heavy (non-hydrogen) atoms. The number of benzene rings is 1. The highest BCUT2D eigenvalue weighted by atomic mass is 15.4. The van der Waals surface area contributed by atoms with E-state index < -0.39 is 0 Å². The lowest BCUT2D eigenvalue weighted by Gasteiger charge is -1.93. The lowest BCUT2D eigenvalue weighted by molar-refractivity contribution is 0.906. The second kappa shape index (κ2) is 3.66. The van der Waals surface area contributed by atoms with Crippen LogP contribution in [0.2, 0.25) is 0 Å². The van der Waals surface area contributed by atoms with Gasteiger partial charge >= 0.3 is 0 Å². The van der Waals surface area contributed by atoms with Gasteiger partial charge in [-0.25, -0.2) is 9.66 Å². The van der Waals surface area contributed by atoms with Crippen molar-refractivity contribution in [3.8, 4) is 0 Å². The van der Waals surface area contributed by atoms with Gasteiger partial charge in [-0.05, 0) is 5.56 Å². The Morgan fingerprint density at radius 2 is 1.94 bits per heavy atom. The van der Waals surface area contributed by atoms with E-state index in [1.165, 1.54) is 0 Å². The van der Waals surface area contributed by atoms with Crippen molar-refractivity contribution in [3.05, 3.63) is 60.7 Å². The van der Waals surface area contributed by atoms with Crippen molar-refractivity contribution in [1.82, 2.24) is 14.1 Å². The van der Waals surface area contributed by atoms with Crippen molar-refractivity contribution in [3.63, 3.8) is 0 Å². The molecule has 1 aromatic carbocycles. The minimum Gasteiger partial charge on any atom is -0.290 e. The molecule has 0 bridgehead atoms. The van der Waals surface area contributed by atoms with Gasteiger partial charge in [-0.2, -0.15) is 5.10 Å². The van der Waals surface area contributed by atoms with E-state index >= 15 is 0 Å². The second-order valence-corrected chi connectivity index (χ2v) is 3.43. The number of fused-ring (bicyclic) bond motifs is 1. The summed E-state index contributed by atoms with van der Waals surface area (Å²) in [4.78, 5) is 4.20. The summed E-state index contributed by atoms with van der Waals surface area (Å²) in [6.45, 7) is 0. The number of aromatic nitrogens is 3. The van der Waals surface area contributed by atoms with Crippen molar-refractivity contribution in [2.24, 2.45) is 5.10 Å². The molecule has 0 N–H and O–H groups in total. The quantitative estimate of drug-likeness (QED) is 0.596. The molecule has 3 rings (SSSR count). The first kappa shape index (κ1) is 8.91. The normalized spacial score (nSPS) is 11.5. The molecule has 0 amide bonds. The van der Waals surface area contributed by atoms with Gasteiger partial charge in [0.15, 0.2) is 0 Å². The van der Waals surface area contributed by atoms with Crippen LogP contribution in [0.3, 0.4) is 0 Å². The average Bonchev–Trinajstić information content (AvgIpc) is 2.90. The lowest BCUT2D eigenvalue weighted by Crippen LogP contribution is -1.90. The summed E-state index contributed by atoms with van der Waals surface area (Å²) in [6, 6.07) is 9.98. The third-order valence-corrected chi connectivity index (χ3v) is 2.35. The van der Waals surface area contributed by atoms with E-state index in [-0.39, 0.29) is 0 Å². The van der Waals surface area contributed by atoms with Crippen LogP contribution in [0.5, 0.6) is 0 Å². The topological polar surface area (TPSA) is 34.6 Å². The van der Waals surface area contributed by atoms with E-state index in [9.17, 15) is 0 Å². The molecule has 4 heteroatoms. The summed E-state index contributed by atoms with van der Waals surface area (Å²) in [5, 5.41) is 4.35. The van der Waals surface area contributed by atoms with Gasteiger partial charge in [0.1, 0.15) is 0 Å². The Bertz CT molecular complexity index is 619. The maximum Gasteiger partial charge on any atom is 0.234 e. The van der Waals surface area contributed by atoms with Gasteiger partial charge in [-0.15, -0.1) is 0 Å². The second-order valence-electron chi connectivity index (χ2n) is 3.43. The molecule has 0 saturated heterocycles. The van der Waals surface area contributed by atoms with Crippen molar-refractivity contribution in [2.45, 2.75) is 0 Å². The third kappa shape index (κ3) is 1.50. The van der Waals surface area contributed by atoms with E-state index in [0.29, 0.717) is 0 Å². The monoisotopic (exact) mass is 210 g/mol. The number of hydrogen-bond acceptors (Lipinski definition) is 2. The molecule has 0 atom stereocenters. The molecule has 0 aliphatic carbocycles. The highest BCUT2D eigenvalue weighted by Gasteiger charge is 1.98. The molecule has 0 fully saturated rings. The molecule has 0 aliphatic heterocycles. The van der Waals surface area contributed by atoms with Crippen LogP contribution < -0.4 is 0 Å². The summed E-state index contributed by atoms with van der Waals surface area (Å²) < 4.78 is 3.66. The fraction of sp³-hybridized carbons (Fsp3) is 0. The standard InChI is InChI=1S/C12H10N4/c1-2-4-11(5-3-1)10-14-16-9-8-15-7-6-13-12(15)16/h1-10H. The van der Waals surface area contributed by atoms with Crippen LogP contribution in [-0.4, -0.2) is 20.3 Å². The molecule has 2 aromatic heterocycles. The van der Waals surface area contributed by atoms with E-state index in [1.54, 1.807) is 10.9 Å². The van der Waals surface area contributed by atoms with Gasteiger partial charge < -0.3 is 0 Å². The molecule has 3 aromatic rings. The Kier molecular flexibility index (Phi) is 2.04. The smallest absolute Gasteiger partial charge is 0.234 e. The van der Waals surface area contributed by atoms with Gasteiger partial charge in [0.2, 0.25) is 5.78 Å². The molecule has 0 saturated carbocycles. The molecule has 2 heterocycles. The predicted octanol–water partition coefficient (Wildman–Crippen LogP) is 2.02. The van der Waals surface area contributed by atoms with Crippen LogP contribution in [0.15, 0.2) is 60.2 Å². The Labute approximate surface area is 92.5 Å². The zero-order valence-corrected chi connectivity index (χ0v) is 8.56. The summed E-state index contributed by atoms with van der Waals surface area (Å²) >= 11 is 0. The Hall–Kier alpha value is -2.36. The zero-order chi connectivity index (χ0) is 10.8.